The van der Waals surface area contributed by atoms with E-state index in [0.717, 1.165) is 48.1 Å². The topological polar surface area (TPSA) is 33.0 Å². The highest BCUT2D eigenvalue weighted by atomic mass is 79.9. The number of nitrogens with zero attached hydrogens (tertiary/aromatic N) is 1. The zero-order valence-electron chi connectivity index (χ0n) is 9.08. The molecule has 16 heavy (non-hydrogen) atoms. The van der Waals surface area contributed by atoms with E-state index < -0.39 is 0 Å². The molecule has 2 nitrogen and oxygen atoms in total. The van der Waals surface area contributed by atoms with E-state index in [-0.39, 0.29) is 0 Å². The number of rotatable bonds is 2. The monoisotopic (exact) mass is 279 g/mol. The van der Waals surface area contributed by atoms with Crippen LogP contribution >= 0.6 is 15.9 Å². The summed E-state index contributed by atoms with van der Waals surface area (Å²) in [6.07, 6.45) is 3.24. The Morgan fingerprint density at radius 2 is 2.38 bits per heavy atom. The number of nitriles is 1. The molecule has 0 spiro atoms. The molecule has 0 bridgehead atoms. The Bertz CT molecular complexity index is 411. The first-order valence-electron chi connectivity index (χ1n) is 5.58. The molecular weight excluding hydrogens is 266 g/mol. The molecule has 84 valence electrons. The molecule has 0 saturated carbocycles. The molecule has 2 rings (SSSR count). The van der Waals surface area contributed by atoms with Crippen LogP contribution in [0.3, 0.4) is 0 Å². The SMILES string of the molecule is N#Cc1cccc2c1C(CCBr)CCCO2. The Morgan fingerprint density at radius 3 is 3.12 bits per heavy atom. The van der Waals surface area contributed by atoms with Gasteiger partial charge in [0.1, 0.15) is 5.75 Å². The summed E-state index contributed by atoms with van der Waals surface area (Å²) in [5.74, 6) is 1.36. The zero-order valence-corrected chi connectivity index (χ0v) is 10.7. The minimum atomic E-state index is 0.452. The van der Waals surface area contributed by atoms with Gasteiger partial charge in [-0.3, -0.25) is 0 Å². The maximum atomic E-state index is 9.15. The number of ether oxygens (including phenoxy) is 1. The first kappa shape index (κ1) is 11.5. The Morgan fingerprint density at radius 1 is 1.50 bits per heavy atom. The van der Waals surface area contributed by atoms with Crippen molar-refractivity contribution in [1.82, 2.24) is 0 Å². The van der Waals surface area contributed by atoms with Crippen LogP contribution in [0.25, 0.3) is 0 Å². The van der Waals surface area contributed by atoms with Crippen molar-refractivity contribution in [2.75, 3.05) is 11.9 Å². The quantitative estimate of drug-likeness (QED) is 0.775. The lowest BCUT2D eigenvalue weighted by atomic mass is 9.89. The van der Waals surface area contributed by atoms with Gasteiger partial charge in [0.05, 0.1) is 18.2 Å². The second-order valence-electron chi connectivity index (χ2n) is 3.99. The van der Waals surface area contributed by atoms with Gasteiger partial charge >= 0.3 is 0 Å². The minimum Gasteiger partial charge on any atom is -0.493 e. The van der Waals surface area contributed by atoms with E-state index in [9.17, 15) is 0 Å². The fraction of sp³-hybridized carbons (Fsp3) is 0.462. The number of benzene rings is 1. The smallest absolute Gasteiger partial charge is 0.124 e. The van der Waals surface area contributed by atoms with Crippen LogP contribution in [0, 0.1) is 11.3 Å². The van der Waals surface area contributed by atoms with Crippen molar-refractivity contribution < 1.29 is 4.74 Å². The summed E-state index contributed by atoms with van der Waals surface area (Å²) >= 11 is 3.49. The van der Waals surface area contributed by atoms with Gasteiger partial charge in [0.25, 0.3) is 0 Å². The van der Waals surface area contributed by atoms with Gasteiger partial charge < -0.3 is 4.74 Å². The number of hydrogen-bond acceptors (Lipinski definition) is 2. The van der Waals surface area contributed by atoms with E-state index in [1.807, 2.05) is 18.2 Å². The minimum absolute atomic E-state index is 0.452. The van der Waals surface area contributed by atoms with Gasteiger partial charge in [-0.1, -0.05) is 22.0 Å². The third-order valence-electron chi connectivity index (χ3n) is 3.01. The summed E-state index contributed by atoms with van der Waals surface area (Å²) < 4.78 is 5.70. The number of hydrogen-bond donors (Lipinski definition) is 0. The molecular formula is C13H14BrNO. The zero-order chi connectivity index (χ0) is 11.4. The Labute approximate surface area is 104 Å². The van der Waals surface area contributed by atoms with Crippen LogP contribution < -0.4 is 4.74 Å². The molecule has 3 heteroatoms. The van der Waals surface area contributed by atoms with Gasteiger partial charge in [-0.25, -0.2) is 0 Å². The lowest BCUT2D eigenvalue weighted by Crippen LogP contribution is -2.02. The molecule has 0 fully saturated rings. The maximum Gasteiger partial charge on any atom is 0.124 e. The third-order valence-corrected chi connectivity index (χ3v) is 3.46. The standard InChI is InChI=1S/C13H14BrNO/c14-7-6-10-4-2-8-16-12-5-1-3-11(9-15)13(10)12/h1,3,5,10H,2,4,6-8H2. The van der Waals surface area contributed by atoms with E-state index in [2.05, 4.69) is 22.0 Å². The van der Waals surface area contributed by atoms with Crippen molar-refractivity contribution in [3.8, 4) is 11.8 Å². The molecule has 0 aliphatic carbocycles. The van der Waals surface area contributed by atoms with Crippen LogP contribution in [0.4, 0.5) is 0 Å². The van der Waals surface area contributed by atoms with E-state index in [4.69, 9.17) is 10.00 Å². The van der Waals surface area contributed by atoms with Crippen molar-refractivity contribution in [3.05, 3.63) is 29.3 Å². The summed E-state index contributed by atoms with van der Waals surface area (Å²) in [7, 11) is 0. The molecule has 1 unspecified atom stereocenters. The first-order valence-corrected chi connectivity index (χ1v) is 6.70. The maximum absolute atomic E-state index is 9.15. The summed E-state index contributed by atoms with van der Waals surface area (Å²) in [6, 6.07) is 8.03. The van der Waals surface area contributed by atoms with Crippen molar-refractivity contribution in [2.45, 2.75) is 25.2 Å². The highest BCUT2D eigenvalue weighted by molar-refractivity contribution is 9.09. The highest BCUT2D eigenvalue weighted by Gasteiger charge is 2.22. The van der Waals surface area contributed by atoms with Gasteiger partial charge in [0.2, 0.25) is 0 Å². The normalized spacial score (nSPS) is 19.1. The van der Waals surface area contributed by atoms with Crippen LogP contribution in [0.2, 0.25) is 0 Å². The summed E-state index contributed by atoms with van der Waals surface area (Å²) in [4.78, 5) is 0. The van der Waals surface area contributed by atoms with Crippen LogP contribution in [0.1, 0.15) is 36.3 Å². The third kappa shape index (κ3) is 2.22. The van der Waals surface area contributed by atoms with Gasteiger partial charge in [-0.2, -0.15) is 5.26 Å². The van der Waals surface area contributed by atoms with Crippen LogP contribution in [-0.2, 0) is 0 Å². The fourth-order valence-corrected chi connectivity index (χ4v) is 2.82. The van der Waals surface area contributed by atoms with Crippen molar-refractivity contribution in [3.63, 3.8) is 0 Å². The molecule has 1 aromatic carbocycles. The lowest BCUT2D eigenvalue weighted by Gasteiger charge is -2.16. The Hall–Kier alpha value is -1.01. The summed E-state index contributed by atoms with van der Waals surface area (Å²) in [6.45, 7) is 0.765. The van der Waals surface area contributed by atoms with Crippen LogP contribution in [-0.4, -0.2) is 11.9 Å². The highest BCUT2D eigenvalue weighted by Crippen LogP contribution is 2.37. The lowest BCUT2D eigenvalue weighted by molar-refractivity contribution is 0.316. The van der Waals surface area contributed by atoms with Gasteiger partial charge in [0, 0.05) is 10.9 Å². The number of alkyl halides is 1. The summed E-state index contributed by atoms with van der Waals surface area (Å²) in [5.41, 5.74) is 1.88. The molecule has 0 amide bonds. The molecule has 0 saturated heterocycles. The van der Waals surface area contributed by atoms with E-state index in [0.29, 0.717) is 5.92 Å². The summed E-state index contributed by atoms with van der Waals surface area (Å²) in [5, 5.41) is 10.1. The number of fused-ring (bicyclic) bond motifs is 1. The average molecular weight is 280 g/mol. The van der Waals surface area contributed by atoms with E-state index in [1.165, 1.54) is 0 Å². The molecule has 1 aliphatic rings. The van der Waals surface area contributed by atoms with Crippen molar-refractivity contribution in [1.29, 1.82) is 5.26 Å². The van der Waals surface area contributed by atoms with Crippen LogP contribution in [0.5, 0.6) is 5.75 Å². The largest absolute Gasteiger partial charge is 0.493 e. The average Bonchev–Trinajstić information content (AvgIpc) is 2.52. The van der Waals surface area contributed by atoms with Crippen molar-refractivity contribution in [2.24, 2.45) is 0 Å². The van der Waals surface area contributed by atoms with Gasteiger partial charge in [0.15, 0.2) is 0 Å². The second-order valence-corrected chi connectivity index (χ2v) is 4.79. The molecule has 0 aromatic heterocycles. The molecule has 1 atom stereocenters. The molecule has 0 N–H and O–H groups in total. The molecule has 1 aliphatic heterocycles. The van der Waals surface area contributed by atoms with Crippen LogP contribution in [0.15, 0.2) is 18.2 Å². The predicted molar refractivity (Wildman–Crippen MR) is 67.0 cm³/mol. The number of halogens is 1. The Balaban J connectivity index is 2.45. The Kier molecular flexibility index (Phi) is 3.84. The second kappa shape index (κ2) is 5.36. The van der Waals surface area contributed by atoms with E-state index >= 15 is 0 Å². The molecule has 0 radical (unpaired) electrons. The molecule has 1 aromatic rings. The first-order chi connectivity index (χ1) is 7.86. The van der Waals surface area contributed by atoms with Gasteiger partial charge in [-0.15, -0.1) is 0 Å². The molecule has 1 heterocycles. The van der Waals surface area contributed by atoms with Gasteiger partial charge in [-0.05, 0) is 37.3 Å². The predicted octanol–water partition coefficient (Wildman–Crippen LogP) is 3.60. The fourth-order valence-electron chi connectivity index (χ4n) is 2.27. The van der Waals surface area contributed by atoms with Crippen molar-refractivity contribution >= 4 is 15.9 Å². The van der Waals surface area contributed by atoms with E-state index in [1.54, 1.807) is 0 Å².